The smallest absolute Gasteiger partial charge is 0.0965 e. The number of hydrogen-bond donors (Lipinski definition) is 1. The third kappa shape index (κ3) is 4.09. The van der Waals surface area contributed by atoms with Crippen LogP contribution in [0.5, 0.6) is 0 Å². The fourth-order valence-electron chi connectivity index (χ4n) is 2.45. The van der Waals surface area contributed by atoms with Gasteiger partial charge in [0, 0.05) is 12.1 Å². The Morgan fingerprint density at radius 3 is 2.50 bits per heavy atom. The zero-order chi connectivity index (χ0) is 13.0. The van der Waals surface area contributed by atoms with Gasteiger partial charge in [-0.3, -0.25) is 0 Å². The van der Waals surface area contributed by atoms with Crippen molar-refractivity contribution in [3.63, 3.8) is 0 Å². The van der Waals surface area contributed by atoms with E-state index in [4.69, 9.17) is 0 Å². The highest BCUT2D eigenvalue weighted by molar-refractivity contribution is 4.94. The van der Waals surface area contributed by atoms with Crippen LogP contribution in [0.1, 0.15) is 71.0 Å². The third-order valence-electron chi connectivity index (χ3n) is 3.56. The van der Waals surface area contributed by atoms with Crippen molar-refractivity contribution in [2.45, 2.75) is 77.4 Å². The molecular weight excluding hydrogens is 224 g/mol. The highest BCUT2D eigenvalue weighted by atomic mass is 15.4. The van der Waals surface area contributed by atoms with Crippen LogP contribution in [-0.2, 0) is 6.54 Å². The number of nitrogens with one attached hydrogen (secondary N) is 1. The monoisotopic (exact) mass is 250 g/mol. The summed E-state index contributed by atoms with van der Waals surface area (Å²) in [6, 6.07) is 0.573. The van der Waals surface area contributed by atoms with Gasteiger partial charge in [0.2, 0.25) is 0 Å². The lowest BCUT2D eigenvalue weighted by Crippen LogP contribution is -2.35. The summed E-state index contributed by atoms with van der Waals surface area (Å²) in [7, 11) is 0. The lowest BCUT2D eigenvalue weighted by atomic mass is 10.1. The van der Waals surface area contributed by atoms with Gasteiger partial charge in [0.05, 0.1) is 17.9 Å². The van der Waals surface area contributed by atoms with E-state index in [1.54, 1.807) is 0 Å². The molecule has 1 aromatic heterocycles. The molecule has 4 heteroatoms. The van der Waals surface area contributed by atoms with Crippen molar-refractivity contribution in [1.29, 1.82) is 0 Å². The number of rotatable bonds is 3. The summed E-state index contributed by atoms with van der Waals surface area (Å²) in [6.45, 7) is 7.31. The zero-order valence-corrected chi connectivity index (χ0v) is 11.9. The molecule has 18 heavy (non-hydrogen) atoms. The summed E-state index contributed by atoms with van der Waals surface area (Å²) >= 11 is 0. The second-order valence-corrected chi connectivity index (χ2v) is 6.44. The summed E-state index contributed by atoms with van der Waals surface area (Å²) in [5.74, 6) is 0. The maximum atomic E-state index is 4.31. The molecule has 0 unspecified atom stereocenters. The summed E-state index contributed by atoms with van der Waals surface area (Å²) in [5.41, 5.74) is 1.18. The van der Waals surface area contributed by atoms with Crippen molar-refractivity contribution in [2.24, 2.45) is 0 Å². The van der Waals surface area contributed by atoms with Crippen molar-refractivity contribution >= 4 is 0 Å². The zero-order valence-electron chi connectivity index (χ0n) is 11.9. The average molecular weight is 250 g/mol. The third-order valence-corrected chi connectivity index (χ3v) is 3.56. The van der Waals surface area contributed by atoms with Crippen LogP contribution in [0.15, 0.2) is 6.20 Å². The number of aromatic nitrogens is 3. The van der Waals surface area contributed by atoms with Crippen molar-refractivity contribution in [3.8, 4) is 0 Å². The van der Waals surface area contributed by atoms with Crippen LogP contribution < -0.4 is 5.32 Å². The Morgan fingerprint density at radius 1 is 1.22 bits per heavy atom. The Kier molecular flexibility index (Phi) is 4.38. The maximum Gasteiger partial charge on any atom is 0.0965 e. The van der Waals surface area contributed by atoms with Gasteiger partial charge in [0.1, 0.15) is 0 Å². The van der Waals surface area contributed by atoms with E-state index in [1.165, 1.54) is 38.5 Å². The van der Waals surface area contributed by atoms with Crippen LogP contribution in [0.3, 0.4) is 0 Å². The Bertz CT molecular complexity index is 356. The van der Waals surface area contributed by atoms with Gasteiger partial charge in [0.25, 0.3) is 0 Å². The molecule has 1 fully saturated rings. The van der Waals surface area contributed by atoms with Gasteiger partial charge < -0.3 is 5.32 Å². The van der Waals surface area contributed by atoms with E-state index in [-0.39, 0.29) is 5.54 Å². The molecular formula is C14H26N4. The normalized spacial score (nSPS) is 18.8. The average Bonchev–Trinajstić information content (AvgIpc) is 2.60. The molecule has 1 saturated carbocycles. The van der Waals surface area contributed by atoms with Gasteiger partial charge >= 0.3 is 0 Å². The summed E-state index contributed by atoms with van der Waals surface area (Å²) < 4.78 is 2.09. The molecule has 1 N–H and O–H groups in total. The standard InChI is InChI=1S/C14H26N4/c1-14(2,3)15-10-12-11-18(17-16-12)13-8-6-4-5-7-9-13/h11,13,15H,4-10H2,1-3H3. The fourth-order valence-corrected chi connectivity index (χ4v) is 2.45. The molecule has 4 nitrogen and oxygen atoms in total. The molecule has 1 aromatic rings. The van der Waals surface area contributed by atoms with E-state index in [0.717, 1.165) is 12.2 Å². The van der Waals surface area contributed by atoms with E-state index < -0.39 is 0 Å². The van der Waals surface area contributed by atoms with Gasteiger partial charge in [0.15, 0.2) is 0 Å². The second-order valence-electron chi connectivity index (χ2n) is 6.44. The van der Waals surface area contributed by atoms with E-state index >= 15 is 0 Å². The molecule has 102 valence electrons. The molecule has 0 aromatic carbocycles. The summed E-state index contributed by atoms with van der Waals surface area (Å²) in [4.78, 5) is 0. The number of hydrogen-bond acceptors (Lipinski definition) is 3. The predicted molar refractivity (Wildman–Crippen MR) is 73.4 cm³/mol. The van der Waals surface area contributed by atoms with Crippen molar-refractivity contribution < 1.29 is 0 Å². The molecule has 1 aliphatic carbocycles. The first-order valence-electron chi connectivity index (χ1n) is 7.20. The minimum absolute atomic E-state index is 0.131. The van der Waals surface area contributed by atoms with Crippen molar-refractivity contribution in [3.05, 3.63) is 11.9 Å². The van der Waals surface area contributed by atoms with Gasteiger partial charge in [-0.2, -0.15) is 0 Å². The minimum atomic E-state index is 0.131. The molecule has 0 aliphatic heterocycles. The SMILES string of the molecule is CC(C)(C)NCc1cn(C2CCCCCC2)nn1. The Balaban J connectivity index is 1.92. The van der Waals surface area contributed by atoms with Crippen LogP contribution >= 0.6 is 0 Å². The molecule has 0 atom stereocenters. The quantitative estimate of drug-likeness (QED) is 0.838. The Labute approximate surface area is 110 Å². The van der Waals surface area contributed by atoms with E-state index in [2.05, 4.69) is 47.3 Å². The van der Waals surface area contributed by atoms with Crippen LogP contribution in [0, 0.1) is 0 Å². The van der Waals surface area contributed by atoms with Crippen LogP contribution in [0.4, 0.5) is 0 Å². The molecule has 1 heterocycles. The fraction of sp³-hybridized carbons (Fsp3) is 0.857. The van der Waals surface area contributed by atoms with Crippen LogP contribution in [0.2, 0.25) is 0 Å². The van der Waals surface area contributed by atoms with Crippen LogP contribution in [-0.4, -0.2) is 20.5 Å². The topological polar surface area (TPSA) is 42.7 Å². The highest BCUT2D eigenvalue weighted by Gasteiger charge is 2.16. The summed E-state index contributed by atoms with van der Waals surface area (Å²) in [6.07, 6.45) is 10.1. The van der Waals surface area contributed by atoms with Crippen molar-refractivity contribution in [1.82, 2.24) is 20.3 Å². The van der Waals surface area contributed by atoms with E-state index in [0.29, 0.717) is 6.04 Å². The first-order valence-corrected chi connectivity index (χ1v) is 7.20. The Hall–Kier alpha value is -0.900. The van der Waals surface area contributed by atoms with Gasteiger partial charge in [-0.05, 0) is 33.6 Å². The minimum Gasteiger partial charge on any atom is -0.306 e. The first kappa shape index (κ1) is 13.5. The molecule has 0 radical (unpaired) electrons. The van der Waals surface area contributed by atoms with Crippen molar-refractivity contribution in [2.75, 3.05) is 0 Å². The van der Waals surface area contributed by atoms with Crippen LogP contribution in [0.25, 0.3) is 0 Å². The lowest BCUT2D eigenvalue weighted by Gasteiger charge is -2.19. The maximum absolute atomic E-state index is 4.31. The molecule has 0 amide bonds. The molecule has 0 spiro atoms. The van der Waals surface area contributed by atoms with Gasteiger partial charge in [-0.15, -0.1) is 5.10 Å². The second kappa shape index (κ2) is 5.83. The van der Waals surface area contributed by atoms with Gasteiger partial charge in [-0.1, -0.05) is 30.9 Å². The summed E-state index contributed by atoms with van der Waals surface area (Å²) in [5, 5.41) is 12.0. The van der Waals surface area contributed by atoms with E-state index in [1.807, 2.05) is 0 Å². The lowest BCUT2D eigenvalue weighted by molar-refractivity contribution is 0.396. The van der Waals surface area contributed by atoms with Gasteiger partial charge in [-0.25, -0.2) is 4.68 Å². The predicted octanol–water partition coefficient (Wildman–Crippen LogP) is 3.06. The molecule has 0 saturated heterocycles. The number of nitrogens with zero attached hydrogens (tertiary/aromatic N) is 3. The molecule has 2 rings (SSSR count). The molecule has 1 aliphatic rings. The molecule has 0 bridgehead atoms. The van der Waals surface area contributed by atoms with E-state index in [9.17, 15) is 0 Å². The first-order chi connectivity index (χ1) is 8.54. The largest absolute Gasteiger partial charge is 0.306 e. The Morgan fingerprint density at radius 2 is 1.89 bits per heavy atom. The highest BCUT2D eigenvalue weighted by Crippen LogP contribution is 2.26.